The van der Waals surface area contributed by atoms with Gasteiger partial charge in [-0.05, 0) is 34.7 Å². The summed E-state index contributed by atoms with van der Waals surface area (Å²) in [4.78, 5) is 3.60. The third kappa shape index (κ3) is 3.08. The summed E-state index contributed by atoms with van der Waals surface area (Å²) in [7, 11) is 0. The van der Waals surface area contributed by atoms with E-state index < -0.39 is 35.1 Å². The average Bonchev–Trinajstić information content (AvgIpc) is 3.08. The van der Waals surface area contributed by atoms with E-state index in [1.165, 1.54) is 18.2 Å². The summed E-state index contributed by atoms with van der Waals surface area (Å²) in [6.45, 7) is -0.803. The van der Waals surface area contributed by atoms with E-state index in [1.54, 1.807) is 0 Å². The average molecular weight is 370 g/mol. The van der Waals surface area contributed by atoms with Crippen LogP contribution in [0.15, 0.2) is 48.9 Å². The molecule has 1 atom stereocenters. The maximum atomic E-state index is 15.2. The zero-order chi connectivity index (χ0) is 18.1. The first kappa shape index (κ1) is 17.3. The fourth-order valence-electron chi connectivity index (χ4n) is 2.43. The highest BCUT2D eigenvalue weighted by Gasteiger charge is 2.57. The first-order chi connectivity index (χ1) is 11.8. The Bertz CT molecular complexity index is 863. The van der Waals surface area contributed by atoms with Crippen molar-refractivity contribution in [2.45, 2.75) is 18.1 Å². The van der Waals surface area contributed by atoms with Gasteiger partial charge in [-0.15, -0.1) is 5.10 Å². The normalized spacial score (nSPS) is 14.3. The highest BCUT2D eigenvalue weighted by Crippen LogP contribution is 2.46. The molecule has 130 valence electrons. The van der Waals surface area contributed by atoms with Gasteiger partial charge in [-0.2, -0.15) is 8.78 Å². The molecule has 6 nitrogen and oxygen atoms in total. The largest absolute Gasteiger partial charge is 0.377 e. The Morgan fingerprint density at radius 1 is 1.20 bits per heavy atom. The number of aliphatic hydroxyl groups is 1. The Labute approximate surface area is 144 Å². The summed E-state index contributed by atoms with van der Waals surface area (Å²) in [6.07, 6.45) is 2.19. The first-order valence-electron chi connectivity index (χ1n) is 7.02. The van der Waals surface area contributed by atoms with Crippen molar-refractivity contribution in [2.24, 2.45) is 0 Å². The van der Waals surface area contributed by atoms with E-state index in [4.69, 9.17) is 11.6 Å². The highest BCUT2D eigenvalue weighted by atomic mass is 35.5. The minimum atomic E-state index is -3.95. The van der Waals surface area contributed by atoms with Crippen molar-refractivity contribution in [3.05, 3.63) is 71.0 Å². The number of rotatable bonds is 5. The predicted octanol–water partition coefficient (Wildman–Crippen LogP) is 2.54. The number of hydrogen-bond donors (Lipinski definition) is 1. The summed E-state index contributed by atoms with van der Waals surface area (Å²) in [5, 5.41) is 21.1. The van der Waals surface area contributed by atoms with Crippen molar-refractivity contribution in [3.8, 4) is 0 Å². The minimum Gasteiger partial charge on any atom is -0.377 e. The van der Waals surface area contributed by atoms with Gasteiger partial charge in [0.1, 0.15) is 17.8 Å². The predicted molar refractivity (Wildman–Crippen MR) is 81.3 cm³/mol. The summed E-state index contributed by atoms with van der Waals surface area (Å²) < 4.78 is 45.6. The molecule has 0 aliphatic carbocycles. The molecule has 0 saturated heterocycles. The Hall–Kier alpha value is -2.52. The smallest absolute Gasteiger partial charge is 0.323 e. The van der Waals surface area contributed by atoms with Gasteiger partial charge in [0.15, 0.2) is 5.60 Å². The SMILES string of the molecule is OC(Cn1cnnn1)(c1ccc(Cl)cc1F)C(F)(F)c1ccccn1. The topological polar surface area (TPSA) is 76.7 Å². The number of aromatic nitrogens is 5. The molecule has 0 saturated carbocycles. The molecule has 10 heteroatoms. The van der Waals surface area contributed by atoms with Gasteiger partial charge in [-0.3, -0.25) is 4.98 Å². The number of benzene rings is 1. The monoisotopic (exact) mass is 369 g/mol. The number of tetrazole rings is 1. The molecule has 3 rings (SSSR count). The third-order valence-corrected chi connectivity index (χ3v) is 3.90. The number of alkyl halides is 2. The van der Waals surface area contributed by atoms with Gasteiger partial charge in [0, 0.05) is 16.8 Å². The molecule has 2 aromatic heterocycles. The van der Waals surface area contributed by atoms with Gasteiger partial charge in [0.2, 0.25) is 0 Å². The van der Waals surface area contributed by atoms with Crippen LogP contribution in [0.3, 0.4) is 0 Å². The van der Waals surface area contributed by atoms with Crippen LogP contribution in [0, 0.1) is 5.82 Å². The molecular weight excluding hydrogens is 359 g/mol. The second-order valence-electron chi connectivity index (χ2n) is 5.28. The maximum absolute atomic E-state index is 15.2. The number of hydrogen-bond acceptors (Lipinski definition) is 5. The fourth-order valence-corrected chi connectivity index (χ4v) is 2.58. The Morgan fingerprint density at radius 3 is 2.60 bits per heavy atom. The summed E-state index contributed by atoms with van der Waals surface area (Å²) >= 11 is 5.68. The summed E-state index contributed by atoms with van der Waals surface area (Å²) in [6, 6.07) is 6.88. The quantitative estimate of drug-likeness (QED) is 0.748. The highest BCUT2D eigenvalue weighted by molar-refractivity contribution is 6.30. The van der Waals surface area contributed by atoms with E-state index in [2.05, 4.69) is 20.5 Å². The van der Waals surface area contributed by atoms with Crippen LogP contribution in [0.2, 0.25) is 5.02 Å². The number of pyridine rings is 1. The molecule has 0 bridgehead atoms. The van der Waals surface area contributed by atoms with Crippen molar-refractivity contribution in [3.63, 3.8) is 0 Å². The van der Waals surface area contributed by atoms with Crippen molar-refractivity contribution in [1.29, 1.82) is 0 Å². The molecule has 2 heterocycles. The van der Waals surface area contributed by atoms with Crippen molar-refractivity contribution in [1.82, 2.24) is 25.2 Å². The number of halogens is 4. The van der Waals surface area contributed by atoms with E-state index in [0.29, 0.717) is 0 Å². The molecule has 1 N–H and O–H groups in total. The van der Waals surface area contributed by atoms with Crippen molar-refractivity contribution < 1.29 is 18.3 Å². The second kappa shape index (κ2) is 6.41. The molecule has 0 amide bonds. The van der Waals surface area contributed by atoms with Crippen LogP contribution in [-0.4, -0.2) is 30.3 Å². The van der Waals surface area contributed by atoms with Gasteiger partial charge in [-0.25, -0.2) is 9.07 Å². The fraction of sp³-hybridized carbons (Fsp3) is 0.200. The molecule has 0 fully saturated rings. The molecule has 0 spiro atoms. The van der Waals surface area contributed by atoms with Crippen molar-refractivity contribution in [2.75, 3.05) is 0 Å². The molecule has 0 radical (unpaired) electrons. The minimum absolute atomic E-state index is 0.00664. The van der Waals surface area contributed by atoms with Gasteiger partial charge >= 0.3 is 5.92 Å². The van der Waals surface area contributed by atoms with E-state index >= 15 is 8.78 Å². The zero-order valence-corrected chi connectivity index (χ0v) is 13.3. The number of nitrogens with zero attached hydrogens (tertiary/aromatic N) is 5. The summed E-state index contributed by atoms with van der Waals surface area (Å²) in [5.41, 5.74) is -4.38. The van der Waals surface area contributed by atoms with Crippen LogP contribution in [0.25, 0.3) is 0 Å². The summed E-state index contributed by atoms with van der Waals surface area (Å²) in [5.74, 6) is -5.03. The molecule has 25 heavy (non-hydrogen) atoms. The van der Waals surface area contributed by atoms with Crippen LogP contribution >= 0.6 is 11.6 Å². The Kier molecular flexibility index (Phi) is 4.44. The first-order valence-corrected chi connectivity index (χ1v) is 7.40. The Balaban J connectivity index is 2.18. The standard InChI is InChI=1S/C15H11ClF3N5O/c16-10-4-5-11(12(17)7-10)14(25,8-24-9-21-22-23-24)15(18,19)13-3-1-2-6-20-13/h1-7,9,25H,8H2. The van der Waals surface area contributed by atoms with Gasteiger partial charge in [0.25, 0.3) is 0 Å². The lowest BCUT2D eigenvalue weighted by molar-refractivity contribution is -0.207. The van der Waals surface area contributed by atoms with Crippen LogP contribution < -0.4 is 0 Å². The van der Waals surface area contributed by atoms with Crippen LogP contribution in [0.1, 0.15) is 11.3 Å². The lowest BCUT2D eigenvalue weighted by atomic mass is 9.84. The second-order valence-corrected chi connectivity index (χ2v) is 5.72. The van der Waals surface area contributed by atoms with E-state index in [1.807, 2.05) is 0 Å². The molecule has 1 unspecified atom stereocenters. The molecule has 3 aromatic rings. The zero-order valence-electron chi connectivity index (χ0n) is 12.5. The molecule has 0 aliphatic rings. The Morgan fingerprint density at radius 2 is 2.00 bits per heavy atom. The maximum Gasteiger partial charge on any atom is 0.323 e. The lowest BCUT2D eigenvalue weighted by Crippen LogP contribution is -2.48. The van der Waals surface area contributed by atoms with Crippen LogP contribution in [0.4, 0.5) is 13.2 Å². The van der Waals surface area contributed by atoms with Crippen molar-refractivity contribution >= 4 is 11.6 Å². The van der Waals surface area contributed by atoms with E-state index in [0.717, 1.165) is 35.4 Å². The molecular formula is C15H11ClF3N5O. The lowest BCUT2D eigenvalue weighted by Gasteiger charge is -2.35. The van der Waals surface area contributed by atoms with Crippen LogP contribution in [-0.2, 0) is 18.1 Å². The van der Waals surface area contributed by atoms with E-state index in [-0.39, 0.29) is 5.02 Å². The van der Waals surface area contributed by atoms with E-state index in [9.17, 15) is 9.50 Å². The van der Waals surface area contributed by atoms with Crippen LogP contribution in [0.5, 0.6) is 0 Å². The molecule has 0 aliphatic heterocycles. The van der Waals surface area contributed by atoms with Gasteiger partial charge in [0.05, 0.1) is 6.54 Å². The molecule has 1 aromatic carbocycles. The van der Waals surface area contributed by atoms with Gasteiger partial charge < -0.3 is 5.11 Å². The third-order valence-electron chi connectivity index (χ3n) is 3.66. The van der Waals surface area contributed by atoms with Gasteiger partial charge in [-0.1, -0.05) is 23.7 Å².